The third-order valence-electron chi connectivity index (χ3n) is 4.55. The molecular formula is C14H26O5Si. The SMILES string of the molecule is CC(C)(C)[Si](C)(C)OC1=CCC2(CC1OO)OCCO2. The molecule has 1 aliphatic carbocycles. The molecule has 2 aliphatic rings. The van der Waals surface area contributed by atoms with Crippen molar-refractivity contribution in [3.8, 4) is 0 Å². The molecule has 0 radical (unpaired) electrons. The van der Waals surface area contributed by atoms with Crippen molar-refractivity contribution in [2.24, 2.45) is 0 Å². The van der Waals surface area contributed by atoms with Gasteiger partial charge in [0.05, 0.1) is 13.2 Å². The van der Waals surface area contributed by atoms with E-state index in [9.17, 15) is 5.26 Å². The van der Waals surface area contributed by atoms with Crippen LogP contribution in [-0.4, -0.2) is 38.7 Å². The summed E-state index contributed by atoms with van der Waals surface area (Å²) in [4.78, 5) is 4.62. The molecule has 2 rings (SSSR count). The second kappa shape index (κ2) is 5.42. The zero-order valence-corrected chi connectivity index (χ0v) is 14.1. The van der Waals surface area contributed by atoms with E-state index < -0.39 is 20.2 Å². The molecule has 116 valence electrons. The summed E-state index contributed by atoms with van der Waals surface area (Å²) in [6.07, 6.45) is 2.52. The van der Waals surface area contributed by atoms with Crippen LogP contribution in [0.2, 0.25) is 18.1 Å². The van der Waals surface area contributed by atoms with Crippen molar-refractivity contribution >= 4 is 8.32 Å². The molecule has 5 nitrogen and oxygen atoms in total. The van der Waals surface area contributed by atoms with E-state index in [1.165, 1.54) is 0 Å². The summed E-state index contributed by atoms with van der Waals surface area (Å²) in [6.45, 7) is 12.1. The summed E-state index contributed by atoms with van der Waals surface area (Å²) in [5.41, 5.74) is 0. The Kier molecular flexibility index (Phi) is 4.33. The van der Waals surface area contributed by atoms with Gasteiger partial charge in [-0.25, -0.2) is 4.89 Å². The van der Waals surface area contributed by atoms with Gasteiger partial charge in [-0.2, -0.15) is 0 Å². The normalized spacial score (nSPS) is 26.7. The van der Waals surface area contributed by atoms with Crippen molar-refractivity contribution in [1.29, 1.82) is 0 Å². The lowest BCUT2D eigenvalue weighted by molar-refractivity contribution is -0.297. The smallest absolute Gasteiger partial charge is 0.250 e. The van der Waals surface area contributed by atoms with Gasteiger partial charge in [-0.3, -0.25) is 5.26 Å². The number of rotatable bonds is 3. The quantitative estimate of drug-likeness (QED) is 0.492. The molecule has 20 heavy (non-hydrogen) atoms. The number of ether oxygens (including phenoxy) is 2. The minimum absolute atomic E-state index is 0.101. The molecule has 0 aromatic heterocycles. The van der Waals surface area contributed by atoms with Gasteiger partial charge in [0.25, 0.3) is 0 Å². The fourth-order valence-electron chi connectivity index (χ4n) is 2.23. The largest absolute Gasteiger partial charge is 0.545 e. The molecule has 1 N–H and O–H groups in total. The van der Waals surface area contributed by atoms with Gasteiger partial charge in [0, 0.05) is 12.8 Å². The first-order valence-electron chi connectivity index (χ1n) is 7.16. The van der Waals surface area contributed by atoms with E-state index in [2.05, 4.69) is 38.8 Å². The Balaban J connectivity index is 2.13. The second-order valence-corrected chi connectivity index (χ2v) is 11.8. The van der Waals surface area contributed by atoms with Crippen LogP contribution in [0.15, 0.2) is 11.8 Å². The molecule has 1 atom stereocenters. The molecule has 6 heteroatoms. The van der Waals surface area contributed by atoms with E-state index in [-0.39, 0.29) is 5.04 Å². The molecule has 0 saturated carbocycles. The van der Waals surface area contributed by atoms with Crippen LogP contribution in [0.1, 0.15) is 33.6 Å². The van der Waals surface area contributed by atoms with E-state index in [0.717, 1.165) is 0 Å². The average molecular weight is 302 g/mol. The van der Waals surface area contributed by atoms with E-state index >= 15 is 0 Å². The van der Waals surface area contributed by atoms with Gasteiger partial charge in [-0.15, -0.1) is 0 Å². The molecule has 1 fully saturated rings. The molecule has 1 aliphatic heterocycles. The molecule has 1 spiro atoms. The second-order valence-electron chi connectivity index (χ2n) is 7.08. The Hall–Kier alpha value is -0.403. The molecule has 0 bridgehead atoms. The maximum Gasteiger partial charge on any atom is 0.250 e. The highest BCUT2D eigenvalue weighted by Gasteiger charge is 2.46. The highest BCUT2D eigenvalue weighted by Crippen LogP contribution is 2.42. The fraction of sp³-hybridized carbons (Fsp3) is 0.857. The highest BCUT2D eigenvalue weighted by molar-refractivity contribution is 6.74. The summed E-state index contributed by atoms with van der Waals surface area (Å²) >= 11 is 0. The van der Waals surface area contributed by atoms with Crippen molar-refractivity contribution in [1.82, 2.24) is 0 Å². The third-order valence-corrected chi connectivity index (χ3v) is 8.91. The van der Waals surface area contributed by atoms with Gasteiger partial charge < -0.3 is 13.9 Å². The van der Waals surface area contributed by atoms with Crippen LogP contribution in [0.3, 0.4) is 0 Å². The van der Waals surface area contributed by atoms with Crippen LogP contribution in [0.4, 0.5) is 0 Å². The van der Waals surface area contributed by atoms with Crippen LogP contribution in [0, 0.1) is 0 Å². The number of hydrogen-bond donors (Lipinski definition) is 1. The predicted molar refractivity (Wildman–Crippen MR) is 77.7 cm³/mol. The minimum Gasteiger partial charge on any atom is -0.545 e. The molecule has 1 heterocycles. The molecule has 0 amide bonds. The van der Waals surface area contributed by atoms with Crippen LogP contribution in [-0.2, 0) is 18.8 Å². The van der Waals surface area contributed by atoms with Crippen LogP contribution >= 0.6 is 0 Å². The Morgan fingerprint density at radius 1 is 1.30 bits per heavy atom. The Bertz CT molecular complexity index is 380. The highest BCUT2D eigenvalue weighted by atomic mass is 28.4. The van der Waals surface area contributed by atoms with Gasteiger partial charge in [0.2, 0.25) is 8.32 Å². The summed E-state index contributed by atoms with van der Waals surface area (Å²) in [6, 6.07) is 0. The maximum absolute atomic E-state index is 9.19. The Morgan fingerprint density at radius 3 is 2.40 bits per heavy atom. The molecule has 0 aromatic rings. The van der Waals surface area contributed by atoms with Crippen molar-refractivity contribution in [3.63, 3.8) is 0 Å². The third kappa shape index (κ3) is 3.09. The van der Waals surface area contributed by atoms with Gasteiger partial charge in [0.1, 0.15) is 5.76 Å². The lowest BCUT2D eigenvalue weighted by atomic mass is 9.97. The van der Waals surface area contributed by atoms with Crippen molar-refractivity contribution < 1.29 is 24.0 Å². The summed E-state index contributed by atoms with van der Waals surface area (Å²) in [5, 5.41) is 9.29. The van der Waals surface area contributed by atoms with Crippen molar-refractivity contribution in [3.05, 3.63) is 11.8 Å². The monoisotopic (exact) mass is 302 g/mol. The lowest BCUT2D eigenvalue weighted by Crippen LogP contribution is -2.45. The Morgan fingerprint density at radius 2 is 1.90 bits per heavy atom. The van der Waals surface area contributed by atoms with Gasteiger partial charge >= 0.3 is 0 Å². The van der Waals surface area contributed by atoms with Crippen LogP contribution in [0.25, 0.3) is 0 Å². The zero-order valence-electron chi connectivity index (χ0n) is 13.1. The van der Waals surface area contributed by atoms with Gasteiger partial charge in [-0.05, 0) is 24.2 Å². The molecule has 1 unspecified atom stereocenters. The van der Waals surface area contributed by atoms with E-state index in [1.54, 1.807) is 0 Å². The van der Waals surface area contributed by atoms with Crippen molar-refractivity contribution in [2.45, 2.75) is 63.6 Å². The molecule has 1 saturated heterocycles. The molecular weight excluding hydrogens is 276 g/mol. The predicted octanol–water partition coefficient (Wildman–Crippen LogP) is 3.29. The first-order chi connectivity index (χ1) is 9.19. The number of hydrogen-bond acceptors (Lipinski definition) is 5. The van der Waals surface area contributed by atoms with E-state index in [4.69, 9.17) is 13.9 Å². The summed E-state index contributed by atoms with van der Waals surface area (Å²) in [5.74, 6) is 0.0667. The average Bonchev–Trinajstić information content (AvgIpc) is 2.78. The fourth-order valence-corrected chi connectivity index (χ4v) is 3.34. The molecule has 0 aromatic carbocycles. The first-order valence-corrected chi connectivity index (χ1v) is 10.1. The standard InChI is InChI=1S/C14H26O5Si/c1-13(2,3)20(4,5)19-11-6-7-14(10-12(11)18-15)16-8-9-17-14/h6,12,15H,7-10H2,1-5H3. The van der Waals surface area contributed by atoms with Crippen LogP contribution < -0.4 is 0 Å². The van der Waals surface area contributed by atoms with E-state index in [1.807, 2.05) is 6.08 Å². The Labute approximate surface area is 121 Å². The van der Waals surface area contributed by atoms with E-state index in [0.29, 0.717) is 31.8 Å². The summed E-state index contributed by atoms with van der Waals surface area (Å²) in [7, 11) is -1.94. The van der Waals surface area contributed by atoms with Crippen molar-refractivity contribution in [2.75, 3.05) is 13.2 Å². The van der Waals surface area contributed by atoms with Crippen LogP contribution in [0.5, 0.6) is 0 Å². The van der Waals surface area contributed by atoms with Gasteiger partial charge in [0.15, 0.2) is 11.9 Å². The maximum atomic E-state index is 9.19. The summed E-state index contributed by atoms with van der Waals surface area (Å²) < 4.78 is 17.6. The lowest BCUT2D eigenvalue weighted by Gasteiger charge is -2.41. The topological polar surface area (TPSA) is 57.2 Å². The zero-order chi connectivity index (χ0) is 15.0. The first kappa shape index (κ1) is 16.0. The van der Waals surface area contributed by atoms with Gasteiger partial charge in [-0.1, -0.05) is 20.8 Å². The minimum atomic E-state index is -1.94.